The maximum atomic E-state index is 11.4. The molecule has 0 amide bonds. The molecule has 0 saturated heterocycles. The molecule has 6 aromatic rings. The summed E-state index contributed by atoms with van der Waals surface area (Å²) in [6.45, 7) is 5.89. The predicted octanol–water partition coefficient (Wildman–Crippen LogP) is 4.83. The van der Waals surface area contributed by atoms with E-state index in [1.165, 1.54) is 44.9 Å². The van der Waals surface area contributed by atoms with E-state index in [9.17, 15) is 14.4 Å². The number of halogens is 1. The van der Waals surface area contributed by atoms with E-state index in [4.69, 9.17) is 15.2 Å². The van der Waals surface area contributed by atoms with E-state index >= 15 is 0 Å². The summed E-state index contributed by atoms with van der Waals surface area (Å²) in [5.74, 6) is 1.52. The van der Waals surface area contributed by atoms with E-state index in [1.54, 1.807) is 24.3 Å². The van der Waals surface area contributed by atoms with Gasteiger partial charge < -0.3 is 40.6 Å². The van der Waals surface area contributed by atoms with Gasteiger partial charge in [-0.1, -0.05) is 36.4 Å². The molecule has 3 aliphatic heterocycles. The Morgan fingerprint density at radius 1 is 0.600 bits per heavy atom. The van der Waals surface area contributed by atoms with Crippen LogP contribution in [0.1, 0.15) is 50.3 Å². The average Bonchev–Trinajstić information content (AvgIpc) is 4.04. The van der Waals surface area contributed by atoms with Crippen molar-refractivity contribution in [1.82, 2.24) is 29.3 Å². The molecule has 3 aliphatic rings. The predicted molar refractivity (Wildman–Crippen MR) is 230 cm³/mol. The van der Waals surface area contributed by atoms with Gasteiger partial charge in [0.05, 0.1) is 54.0 Å². The lowest BCUT2D eigenvalue weighted by molar-refractivity contribution is 0.0592. The molecule has 17 nitrogen and oxygen atoms in total. The normalized spacial score (nSPS) is 13.2. The Morgan fingerprint density at radius 3 is 1.38 bits per heavy atom. The van der Waals surface area contributed by atoms with Gasteiger partial charge in [0, 0.05) is 50.4 Å². The molecule has 0 spiro atoms. The van der Waals surface area contributed by atoms with Crippen molar-refractivity contribution in [3.63, 3.8) is 0 Å². The molecule has 0 bridgehead atoms. The van der Waals surface area contributed by atoms with Gasteiger partial charge in [0.15, 0.2) is 0 Å². The first kappa shape index (κ1) is 43.2. The number of aromatic carboxylic acids is 1. The van der Waals surface area contributed by atoms with Crippen LogP contribution in [0, 0.1) is 0 Å². The number of carbonyl (C=O) groups excluding carboxylic acids is 2. The molecular weight excluding hydrogens is 837 g/mol. The number of carbonyl (C=O) groups is 3. The Kier molecular flexibility index (Phi) is 14.7. The van der Waals surface area contributed by atoms with Crippen LogP contribution in [0.5, 0.6) is 0 Å². The molecule has 3 aromatic heterocycles. The van der Waals surface area contributed by atoms with Gasteiger partial charge in [0.2, 0.25) is 0 Å². The summed E-state index contributed by atoms with van der Waals surface area (Å²) in [6, 6.07) is 20.1. The Balaban J connectivity index is 0.000000138. The zero-order chi connectivity index (χ0) is 42.6. The van der Waals surface area contributed by atoms with Gasteiger partial charge in [-0.05, 0) is 88.2 Å². The number of ether oxygens (including phenoxy) is 2. The zero-order valence-corrected chi connectivity index (χ0v) is 34.6. The number of rotatable bonds is 6. The van der Waals surface area contributed by atoms with Crippen molar-refractivity contribution in [2.75, 3.05) is 49.8 Å². The number of fused-ring (bicyclic) bond motifs is 3. The van der Waals surface area contributed by atoms with Gasteiger partial charge in [0.25, 0.3) is 0 Å². The number of anilines is 3. The number of carboxylic acids is 1. The van der Waals surface area contributed by atoms with Crippen LogP contribution >= 0.6 is 15.9 Å². The van der Waals surface area contributed by atoms with Gasteiger partial charge >= 0.3 is 25.0 Å². The number of benzene rings is 3. The van der Waals surface area contributed by atoms with Crippen LogP contribution in [-0.2, 0) is 29.1 Å². The lowest BCUT2D eigenvalue weighted by Crippen LogP contribution is -2.29. The summed E-state index contributed by atoms with van der Waals surface area (Å²) in [5, 5.41) is 49.2. The SMILES string of the molecule is Brc1cnn2c1NCCC2.COC(=O)c1ccc(-c2cnn3c2NCCC3)cc1.COC(=O)c1ccc(B(O)O)cc1.O=C(O)c1ccc(-c2cnn3c2NCCC3)cc1. The van der Waals surface area contributed by atoms with E-state index in [-0.39, 0.29) is 5.97 Å². The van der Waals surface area contributed by atoms with Crippen LogP contribution in [0.3, 0.4) is 0 Å². The van der Waals surface area contributed by atoms with Crippen molar-refractivity contribution >= 4 is 63.9 Å². The first-order valence-electron chi connectivity index (χ1n) is 19.2. The number of aryl methyl sites for hydroxylation is 3. The highest BCUT2D eigenvalue weighted by Gasteiger charge is 2.18. The third-order valence-electron chi connectivity index (χ3n) is 9.68. The monoisotopic (exact) mass is 881 g/mol. The lowest BCUT2D eigenvalue weighted by Gasteiger charge is -2.17. The van der Waals surface area contributed by atoms with Crippen molar-refractivity contribution < 1.29 is 39.0 Å². The maximum Gasteiger partial charge on any atom is 0.488 e. The molecule has 19 heteroatoms. The maximum absolute atomic E-state index is 11.4. The number of nitrogens with zero attached hydrogens (tertiary/aromatic N) is 6. The molecule has 0 radical (unpaired) electrons. The third kappa shape index (κ3) is 10.6. The van der Waals surface area contributed by atoms with Crippen molar-refractivity contribution in [3.05, 3.63) is 113 Å². The van der Waals surface area contributed by atoms with Crippen LogP contribution in [0.25, 0.3) is 22.3 Å². The standard InChI is InChI=1S/C14H15N3O2.C13H13N3O2.C8H9BO4.C6H8BrN3/c1-19-14(18)11-5-3-10(4-6-11)12-9-16-17-8-2-7-15-13(12)17;17-13(18)10-4-2-9(3-5-10)11-8-15-16-7-1-6-14-12(11)16;1-13-8(10)6-2-4-7(5-3-6)9(11)12;7-5-4-9-10-3-1-2-8-6(5)10/h3-6,9,15H,2,7-8H2,1H3;2-5,8,14H,1,6-7H2,(H,17,18);2-5,11-12H,1H3;4,8H,1-3H2. The largest absolute Gasteiger partial charge is 0.488 e. The topological polar surface area (TPSA) is 220 Å². The molecule has 9 rings (SSSR count). The Hall–Kier alpha value is -6.44. The number of esters is 2. The van der Waals surface area contributed by atoms with Crippen molar-refractivity contribution in [1.29, 1.82) is 0 Å². The number of methoxy groups -OCH3 is 2. The highest BCUT2D eigenvalue weighted by atomic mass is 79.9. The van der Waals surface area contributed by atoms with Crippen LogP contribution < -0.4 is 21.4 Å². The molecule has 0 aliphatic carbocycles. The van der Waals surface area contributed by atoms with E-state index in [0.29, 0.717) is 22.2 Å². The molecule has 0 saturated carbocycles. The second-order valence-corrected chi connectivity index (χ2v) is 14.5. The summed E-state index contributed by atoms with van der Waals surface area (Å²) >= 11 is 3.41. The highest BCUT2D eigenvalue weighted by Crippen LogP contribution is 2.31. The van der Waals surface area contributed by atoms with Gasteiger partial charge in [0.1, 0.15) is 17.5 Å². The van der Waals surface area contributed by atoms with Crippen molar-refractivity contribution in [2.45, 2.75) is 38.9 Å². The van der Waals surface area contributed by atoms with E-state index < -0.39 is 19.1 Å². The second-order valence-electron chi connectivity index (χ2n) is 13.6. The van der Waals surface area contributed by atoms with Gasteiger partial charge in [-0.15, -0.1) is 0 Å². The van der Waals surface area contributed by atoms with Crippen LogP contribution in [0.2, 0.25) is 0 Å². The van der Waals surface area contributed by atoms with Crippen LogP contribution in [0.4, 0.5) is 17.5 Å². The fraction of sp³-hybridized carbons (Fsp3) is 0.268. The first-order valence-corrected chi connectivity index (χ1v) is 20.0. The summed E-state index contributed by atoms with van der Waals surface area (Å²) in [6.07, 6.45) is 8.85. The fourth-order valence-corrected chi connectivity index (χ4v) is 6.96. The number of hydrogen-bond acceptors (Lipinski definition) is 13. The van der Waals surface area contributed by atoms with E-state index in [1.807, 2.05) is 56.9 Å². The minimum Gasteiger partial charge on any atom is -0.478 e. The smallest absolute Gasteiger partial charge is 0.478 e. The number of nitrogens with one attached hydrogen (secondary N) is 3. The van der Waals surface area contributed by atoms with Crippen LogP contribution in [-0.4, -0.2) is 103 Å². The average molecular weight is 883 g/mol. The zero-order valence-electron chi connectivity index (χ0n) is 33.0. The highest BCUT2D eigenvalue weighted by molar-refractivity contribution is 9.10. The fourth-order valence-electron chi connectivity index (χ4n) is 6.53. The second kappa shape index (κ2) is 20.5. The first-order chi connectivity index (χ1) is 29.1. The van der Waals surface area contributed by atoms with Gasteiger partial charge in [-0.25, -0.2) is 28.4 Å². The van der Waals surface area contributed by atoms with E-state index in [2.05, 4.69) is 56.7 Å². The quantitative estimate of drug-likeness (QED) is 0.0976. The third-order valence-corrected chi connectivity index (χ3v) is 10.3. The van der Waals surface area contributed by atoms with Crippen LogP contribution in [0.15, 0.2) is 95.9 Å². The molecule has 3 aromatic carbocycles. The Labute approximate surface area is 354 Å². The summed E-state index contributed by atoms with van der Waals surface area (Å²) < 4.78 is 16.1. The van der Waals surface area contributed by atoms with Crippen molar-refractivity contribution in [2.24, 2.45) is 0 Å². The minimum absolute atomic E-state index is 0.299. The molecule has 60 heavy (non-hydrogen) atoms. The molecule has 6 heterocycles. The molecular formula is C41H45BBrN9O8. The van der Waals surface area contributed by atoms with Gasteiger partial charge in [-0.3, -0.25) is 0 Å². The molecule has 0 atom stereocenters. The molecule has 312 valence electrons. The molecule has 0 fully saturated rings. The Bertz CT molecular complexity index is 2380. The number of carboxylic acid groups (broad SMARTS) is 1. The van der Waals surface area contributed by atoms with Gasteiger partial charge in [-0.2, -0.15) is 15.3 Å². The summed E-state index contributed by atoms with van der Waals surface area (Å²) in [5.41, 5.74) is 5.69. The minimum atomic E-state index is -1.51. The summed E-state index contributed by atoms with van der Waals surface area (Å²) in [7, 11) is 1.16. The number of hydrogen-bond donors (Lipinski definition) is 6. The lowest BCUT2D eigenvalue weighted by atomic mass is 9.80. The van der Waals surface area contributed by atoms with Crippen molar-refractivity contribution in [3.8, 4) is 22.3 Å². The Morgan fingerprint density at radius 2 is 0.983 bits per heavy atom. The number of aromatic nitrogens is 6. The van der Waals surface area contributed by atoms with E-state index in [0.717, 1.165) is 96.3 Å². The molecule has 6 N–H and O–H groups in total. The summed E-state index contributed by atoms with van der Waals surface area (Å²) in [4.78, 5) is 33.1. The molecule has 0 unspecified atom stereocenters.